The number of hydrogen-bond donors (Lipinski definition) is 1. The van der Waals surface area contributed by atoms with Crippen LogP contribution >= 0.6 is 11.3 Å². The van der Waals surface area contributed by atoms with Gasteiger partial charge in [0.15, 0.2) is 0 Å². The fourth-order valence-corrected chi connectivity index (χ4v) is 2.60. The van der Waals surface area contributed by atoms with Crippen LogP contribution in [0.3, 0.4) is 0 Å². The number of rotatable bonds is 4. The van der Waals surface area contributed by atoms with E-state index in [0.29, 0.717) is 6.61 Å². The lowest BCUT2D eigenvalue weighted by Gasteiger charge is -2.07. The molecule has 2 aromatic rings. The summed E-state index contributed by atoms with van der Waals surface area (Å²) in [6.45, 7) is 6.57. The summed E-state index contributed by atoms with van der Waals surface area (Å²) >= 11 is 1.60. The molecule has 0 atom stereocenters. The monoisotopic (exact) mass is 275 g/mol. The average Bonchev–Trinajstić information content (AvgIpc) is 2.73. The Morgan fingerprint density at radius 3 is 2.47 bits per heavy atom. The van der Waals surface area contributed by atoms with Gasteiger partial charge in [-0.25, -0.2) is 0 Å². The van der Waals surface area contributed by atoms with Crippen LogP contribution in [0.1, 0.15) is 27.7 Å². The van der Waals surface area contributed by atoms with Crippen LogP contribution in [-0.4, -0.2) is 12.5 Å². The maximum Gasteiger partial charge on any atom is 0.256 e. The molecule has 0 saturated carbocycles. The molecule has 1 heterocycles. The van der Waals surface area contributed by atoms with Crippen molar-refractivity contribution in [2.24, 2.45) is 0 Å². The predicted molar refractivity (Wildman–Crippen MR) is 79.4 cm³/mol. The van der Waals surface area contributed by atoms with E-state index in [2.05, 4.69) is 5.32 Å². The third-order valence-electron chi connectivity index (χ3n) is 2.95. The van der Waals surface area contributed by atoms with Crippen molar-refractivity contribution < 1.29 is 9.53 Å². The molecule has 1 amide bonds. The molecule has 2 rings (SSSR count). The number of nitrogens with one attached hydrogen (secondary N) is 1. The number of amides is 1. The molecule has 0 saturated heterocycles. The second-order valence-corrected chi connectivity index (χ2v) is 5.33. The zero-order valence-corrected chi connectivity index (χ0v) is 12.1. The highest BCUT2D eigenvalue weighted by molar-refractivity contribution is 7.10. The number of carbonyl (C=O) groups excluding carboxylic acids is 1. The van der Waals surface area contributed by atoms with E-state index < -0.39 is 0 Å². The highest BCUT2D eigenvalue weighted by Crippen LogP contribution is 2.22. The molecule has 0 fully saturated rings. The summed E-state index contributed by atoms with van der Waals surface area (Å²) in [7, 11) is 0. The Morgan fingerprint density at radius 2 is 1.95 bits per heavy atom. The molecule has 0 aliphatic carbocycles. The van der Waals surface area contributed by atoms with Crippen molar-refractivity contribution in [1.82, 2.24) is 0 Å². The van der Waals surface area contributed by atoms with Gasteiger partial charge in [0, 0.05) is 15.9 Å². The average molecular weight is 275 g/mol. The molecule has 1 aromatic carbocycles. The summed E-state index contributed by atoms with van der Waals surface area (Å²) in [4.78, 5) is 13.3. The molecule has 1 aromatic heterocycles. The maximum atomic E-state index is 12.1. The van der Waals surface area contributed by atoms with Gasteiger partial charge >= 0.3 is 0 Å². The summed E-state index contributed by atoms with van der Waals surface area (Å²) in [6, 6.07) is 7.39. The molecular weight excluding hydrogens is 258 g/mol. The minimum absolute atomic E-state index is 0.0639. The Hall–Kier alpha value is -1.81. The minimum Gasteiger partial charge on any atom is -0.494 e. The predicted octanol–water partition coefficient (Wildman–Crippen LogP) is 4.02. The fraction of sp³-hybridized carbons (Fsp3) is 0.267. The van der Waals surface area contributed by atoms with Gasteiger partial charge in [0.1, 0.15) is 5.75 Å². The summed E-state index contributed by atoms with van der Waals surface area (Å²) in [5.74, 6) is 0.745. The molecule has 0 bridgehead atoms. The Bertz CT molecular complexity index is 572. The van der Waals surface area contributed by atoms with Gasteiger partial charge in [0.05, 0.1) is 12.2 Å². The first-order chi connectivity index (χ1) is 9.11. The zero-order valence-electron chi connectivity index (χ0n) is 11.3. The summed E-state index contributed by atoms with van der Waals surface area (Å²) in [5, 5.41) is 4.79. The van der Waals surface area contributed by atoms with Crippen molar-refractivity contribution >= 4 is 22.9 Å². The molecule has 1 N–H and O–H groups in total. The van der Waals surface area contributed by atoms with Crippen molar-refractivity contribution in [3.05, 3.63) is 45.6 Å². The molecule has 0 radical (unpaired) electrons. The number of carbonyl (C=O) groups is 1. The quantitative estimate of drug-likeness (QED) is 0.915. The van der Waals surface area contributed by atoms with E-state index in [-0.39, 0.29) is 5.91 Å². The number of ether oxygens (including phenoxy) is 1. The molecule has 0 unspecified atom stereocenters. The molecule has 3 nitrogen and oxygen atoms in total. The van der Waals surface area contributed by atoms with Crippen LogP contribution in [0.4, 0.5) is 5.69 Å². The standard InChI is InChI=1S/C15H17NO2S/c1-4-18-13-7-5-12(6-8-13)16-15(17)14-9-19-11(3)10(14)2/h5-9H,4H2,1-3H3,(H,16,17). The van der Waals surface area contributed by atoms with Crippen LogP contribution in [0.2, 0.25) is 0 Å². The van der Waals surface area contributed by atoms with Crippen molar-refractivity contribution in [3.8, 4) is 5.75 Å². The summed E-state index contributed by atoms with van der Waals surface area (Å²) < 4.78 is 5.36. The number of aryl methyl sites for hydroxylation is 1. The highest BCUT2D eigenvalue weighted by atomic mass is 32.1. The van der Waals surface area contributed by atoms with Crippen LogP contribution in [0.15, 0.2) is 29.6 Å². The number of anilines is 1. The third-order valence-corrected chi connectivity index (χ3v) is 3.97. The molecule has 0 aliphatic heterocycles. The number of hydrogen-bond acceptors (Lipinski definition) is 3. The number of benzene rings is 1. The molecule has 4 heteroatoms. The summed E-state index contributed by atoms with van der Waals surface area (Å²) in [5.41, 5.74) is 2.57. The lowest BCUT2D eigenvalue weighted by atomic mass is 10.1. The van der Waals surface area contributed by atoms with Crippen molar-refractivity contribution in [2.75, 3.05) is 11.9 Å². The van der Waals surface area contributed by atoms with E-state index in [9.17, 15) is 4.79 Å². The first-order valence-corrected chi connectivity index (χ1v) is 7.08. The van der Waals surface area contributed by atoms with Crippen LogP contribution < -0.4 is 10.1 Å². The van der Waals surface area contributed by atoms with Gasteiger partial charge in [-0.2, -0.15) is 0 Å². The molecule has 100 valence electrons. The molecule has 0 aliphatic rings. The normalized spacial score (nSPS) is 10.3. The third kappa shape index (κ3) is 3.15. The Kier molecular flexibility index (Phi) is 4.22. The second kappa shape index (κ2) is 5.89. The SMILES string of the molecule is CCOc1ccc(NC(=O)c2csc(C)c2C)cc1. The topological polar surface area (TPSA) is 38.3 Å². The Morgan fingerprint density at radius 1 is 1.26 bits per heavy atom. The fourth-order valence-electron chi connectivity index (χ4n) is 1.74. The lowest BCUT2D eigenvalue weighted by Crippen LogP contribution is -2.12. The Labute approximate surface area is 117 Å². The van der Waals surface area contributed by atoms with E-state index in [0.717, 1.165) is 22.6 Å². The van der Waals surface area contributed by atoms with Gasteiger partial charge in [-0.05, 0) is 50.6 Å². The number of thiophene rings is 1. The van der Waals surface area contributed by atoms with Crippen LogP contribution in [-0.2, 0) is 0 Å². The zero-order chi connectivity index (χ0) is 13.8. The van der Waals surface area contributed by atoms with E-state index in [1.54, 1.807) is 11.3 Å². The van der Waals surface area contributed by atoms with Gasteiger partial charge in [-0.1, -0.05) is 0 Å². The van der Waals surface area contributed by atoms with E-state index >= 15 is 0 Å². The van der Waals surface area contributed by atoms with Gasteiger partial charge in [0.2, 0.25) is 0 Å². The molecule has 0 spiro atoms. The largest absolute Gasteiger partial charge is 0.494 e. The molecular formula is C15H17NO2S. The molecule has 19 heavy (non-hydrogen) atoms. The second-order valence-electron chi connectivity index (χ2n) is 4.24. The van der Waals surface area contributed by atoms with Crippen LogP contribution in [0, 0.1) is 13.8 Å². The Balaban J connectivity index is 2.08. The first kappa shape index (κ1) is 13.6. The smallest absolute Gasteiger partial charge is 0.256 e. The van der Waals surface area contributed by atoms with Gasteiger partial charge in [-0.3, -0.25) is 4.79 Å². The van der Waals surface area contributed by atoms with E-state index in [4.69, 9.17) is 4.74 Å². The van der Waals surface area contributed by atoms with Crippen molar-refractivity contribution in [1.29, 1.82) is 0 Å². The van der Waals surface area contributed by atoms with Crippen molar-refractivity contribution in [2.45, 2.75) is 20.8 Å². The van der Waals surface area contributed by atoms with Gasteiger partial charge in [-0.15, -0.1) is 11.3 Å². The highest BCUT2D eigenvalue weighted by Gasteiger charge is 2.12. The van der Waals surface area contributed by atoms with E-state index in [1.807, 2.05) is 50.4 Å². The first-order valence-electron chi connectivity index (χ1n) is 6.20. The maximum absolute atomic E-state index is 12.1. The van der Waals surface area contributed by atoms with Gasteiger partial charge < -0.3 is 10.1 Å². The summed E-state index contributed by atoms with van der Waals surface area (Å²) in [6.07, 6.45) is 0. The van der Waals surface area contributed by atoms with E-state index in [1.165, 1.54) is 4.88 Å². The van der Waals surface area contributed by atoms with Crippen LogP contribution in [0.25, 0.3) is 0 Å². The lowest BCUT2D eigenvalue weighted by molar-refractivity contribution is 0.102. The van der Waals surface area contributed by atoms with Crippen molar-refractivity contribution in [3.63, 3.8) is 0 Å². The van der Waals surface area contributed by atoms with Gasteiger partial charge in [0.25, 0.3) is 5.91 Å². The van der Waals surface area contributed by atoms with Crippen LogP contribution in [0.5, 0.6) is 5.75 Å². The minimum atomic E-state index is -0.0639.